The number of nitrogens with zero attached hydrogens (tertiary/aromatic N) is 1. The molecule has 0 radical (unpaired) electrons. The molecule has 8 nitrogen and oxygen atoms in total. The van der Waals surface area contributed by atoms with Crippen LogP contribution in [0.5, 0.6) is 0 Å². The van der Waals surface area contributed by atoms with Gasteiger partial charge in [-0.25, -0.2) is 0 Å². The molecule has 1 aliphatic heterocycles. The van der Waals surface area contributed by atoms with E-state index in [1.54, 1.807) is 12.1 Å². The standard InChI is InChI=1S/C22H19N3O5S2/c26-20(23-16-7-5-13-3-1-2-4-14(13)9-16)12-31-19-8-6-15(10-18(19)25(29)30)21-24-17(11-32-21)22(27)28/h1-10,17,21,24H,11-12H2,(H,23,26)(H,27,28)/t17-,21+/m1/s1. The molecule has 1 amide bonds. The molecular formula is C22H19N3O5S2. The lowest BCUT2D eigenvalue weighted by Gasteiger charge is -2.12. The number of amides is 1. The summed E-state index contributed by atoms with van der Waals surface area (Å²) in [6.07, 6.45) is 0. The number of nitro groups is 1. The Bertz CT molecular complexity index is 1200. The van der Waals surface area contributed by atoms with Gasteiger partial charge in [0, 0.05) is 17.5 Å². The van der Waals surface area contributed by atoms with Crippen LogP contribution in [0.3, 0.4) is 0 Å². The van der Waals surface area contributed by atoms with Gasteiger partial charge >= 0.3 is 5.97 Å². The van der Waals surface area contributed by atoms with Crippen LogP contribution in [0.4, 0.5) is 11.4 Å². The normalized spacial score (nSPS) is 17.9. The van der Waals surface area contributed by atoms with Crippen molar-refractivity contribution >= 4 is 57.5 Å². The molecule has 0 bridgehead atoms. The van der Waals surface area contributed by atoms with Gasteiger partial charge in [-0.1, -0.05) is 36.4 Å². The largest absolute Gasteiger partial charge is 0.480 e. The van der Waals surface area contributed by atoms with Crippen LogP contribution < -0.4 is 10.6 Å². The quantitative estimate of drug-likeness (QED) is 0.266. The number of hydrogen-bond acceptors (Lipinski definition) is 7. The van der Waals surface area contributed by atoms with Gasteiger partial charge in [0.25, 0.3) is 5.69 Å². The van der Waals surface area contributed by atoms with Crippen molar-refractivity contribution in [3.05, 3.63) is 76.3 Å². The molecule has 0 unspecified atom stereocenters. The number of carbonyl (C=O) groups is 2. The molecule has 0 spiro atoms. The van der Waals surface area contributed by atoms with E-state index in [4.69, 9.17) is 5.11 Å². The number of hydrogen-bond donors (Lipinski definition) is 3. The molecule has 4 rings (SSSR count). The summed E-state index contributed by atoms with van der Waals surface area (Å²) >= 11 is 2.48. The fourth-order valence-electron chi connectivity index (χ4n) is 3.38. The van der Waals surface area contributed by atoms with Crippen molar-refractivity contribution in [3.63, 3.8) is 0 Å². The molecule has 10 heteroatoms. The van der Waals surface area contributed by atoms with Crippen molar-refractivity contribution in [2.24, 2.45) is 0 Å². The highest BCUT2D eigenvalue weighted by atomic mass is 32.2. The smallest absolute Gasteiger partial charge is 0.321 e. The number of carbonyl (C=O) groups excluding carboxylic acids is 1. The van der Waals surface area contributed by atoms with E-state index in [1.807, 2.05) is 42.5 Å². The van der Waals surface area contributed by atoms with Gasteiger partial charge in [0.2, 0.25) is 5.91 Å². The van der Waals surface area contributed by atoms with Crippen LogP contribution in [0.15, 0.2) is 65.6 Å². The van der Waals surface area contributed by atoms with Crippen LogP contribution in [0.2, 0.25) is 0 Å². The second kappa shape index (κ2) is 9.60. The first-order valence-electron chi connectivity index (χ1n) is 9.71. The topological polar surface area (TPSA) is 122 Å². The highest BCUT2D eigenvalue weighted by Gasteiger charge is 2.31. The summed E-state index contributed by atoms with van der Waals surface area (Å²) in [6, 6.07) is 17.5. The van der Waals surface area contributed by atoms with E-state index in [2.05, 4.69) is 10.6 Å². The molecule has 3 N–H and O–H groups in total. The van der Waals surface area contributed by atoms with E-state index in [1.165, 1.54) is 17.8 Å². The second-order valence-corrected chi connectivity index (χ2v) is 9.31. The van der Waals surface area contributed by atoms with Gasteiger partial charge in [0.1, 0.15) is 6.04 Å². The number of rotatable bonds is 7. The number of carboxylic acid groups (broad SMARTS) is 1. The van der Waals surface area contributed by atoms with Gasteiger partial charge in [0.05, 0.1) is 20.9 Å². The lowest BCUT2D eigenvalue weighted by molar-refractivity contribution is -0.387. The molecule has 0 aromatic heterocycles. The average molecular weight is 470 g/mol. The molecule has 1 fully saturated rings. The van der Waals surface area contributed by atoms with Gasteiger partial charge in [-0.05, 0) is 34.5 Å². The fourth-order valence-corrected chi connectivity index (χ4v) is 5.40. The zero-order valence-electron chi connectivity index (χ0n) is 16.7. The minimum Gasteiger partial charge on any atom is -0.480 e. The van der Waals surface area contributed by atoms with Crippen molar-refractivity contribution in [2.45, 2.75) is 16.3 Å². The first-order chi connectivity index (χ1) is 15.4. The van der Waals surface area contributed by atoms with Crippen molar-refractivity contribution in [1.82, 2.24) is 5.32 Å². The fraction of sp³-hybridized carbons (Fsp3) is 0.182. The van der Waals surface area contributed by atoms with Crippen LogP contribution in [-0.4, -0.2) is 39.5 Å². The van der Waals surface area contributed by atoms with Crippen LogP contribution >= 0.6 is 23.5 Å². The van der Waals surface area contributed by atoms with Gasteiger partial charge in [0.15, 0.2) is 0 Å². The Morgan fingerprint density at radius 2 is 1.94 bits per heavy atom. The summed E-state index contributed by atoms with van der Waals surface area (Å²) in [5.41, 5.74) is 1.19. The summed E-state index contributed by atoms with van der Waals surface area (Å²) in [4.78, 5) is 35.0. The van der Waals surface area contributed by atoms with Gasteiger partial charge in [-0.2, -0.15) is 0 Å². The molecule has 2 atom stereocenters. The van der Waals surface area contributed by atoms with Gasteiger partial charge < -0.3 is 10.4 Å². The van der Waals surface area contributed by atoms with E-state index >= 15 is 0 Å². The minimum absolute atomic E-state index is 0.0184. The van der Waals surface area contributed by atoms with Gasteiger partial charge in [-0.15, -0.1) is 23.5 Å². The van der Waals surface area contributed by atoms with Crippen LogP contribution in [0.25, 0.3) is 10.8 Å². The number of nitro benzene ring substituents is 1. The molecule has 3 aromatic rings. The summed E-state index contributed by atoms with van der Waals surface area (Å²) in [7, 11) is 0. The predicted molar refractivity (Wildman–Crippen MR) is 126 cm³/mol. The van der Waals surface area contributed by atoms with E-state index in [0.717, 1.165) is 22.5 Å². The third-order valence-corrected chi connectivity index (χ3v) is 7.28. The van der Waals surface area contributed by atoms with Crippen LogP contribution in [0, 0.1) is 10.1 Å². The zero-order valence-corrected chi connectivity index (χ0v) is 18.3. The maximum Gasteiger partial charge on any atom is 0.321 e. The first kappa shape index (κ1) is 22.1. The Labute approximate surface area is 191 Å². The molecule has 1 saturated heterocycles. The molecule has 1 heterocycles. The van der Waals surface area contributed by atoms with E-state index in [9.17, 15) is 19.7 Å². The molecule has 3 aromatic carbocycles. The monoisotopic (exact) mass is 469 g/mol. The third-order valence-electron chi connectivity index (χ3n) is 4.95. The average Bonchev–Trinajstić information content (AvgIpc) is 3.28. The van der Waals surface area contributed by atoms with Crippen molar-refractivity contribution in [2.75, 3.05) is 16.8 Å². The summed E-state index contributed by atoms with van der Waals surface area (Å²) in [5.74, 6) is -0.802. The maximum atomic E-state index is 12.4. The molecular weight excluding hydrogens is 450 g/mol. The summed E-state index contributed by atoms with van der Waals surface area (Å²) in [5, 5.41) is 28.2. The van der Waals surface area contributed by atoms with E-state index in [0.29, 0.717) is 21.9 Å². The number of nitrogens with one attached hydrogen (secondary N) is 2. The lowest BCUT2D eigenvalue weighted by Crippen LogP contribution is -2.33. The predicted octanol–water partition coefficient (Wildman–Crippen LogP) is 4.27. The van der Waals surface area contributed by atoms with E-state index in [-0.39, 0.29) is 22.7 Å². The Kier molecular flexibility index (Phi) is 6.63. The Balaban J connectivity index is 1.42. The highest BCUT2D eigenvalue weighted by molar-refractivity contribution is 8.00. The Morgan fingerprint density at radius 3 is 2.66 bits per heavy atom. The summed E-state index contributed by atoms with van der Waals surface area (Å²) in [6.45, 7) is 0. The molecule has 0 saturated carbocycles. The molecule has 0 aliphatic carbocycles. The lowest BCUT2D eigenvalue weighted by atomic mass is 10.1. The highest BCUT2D eigenvalue weighted by Crippen LogP contribution is 2.37. The van der Waals surface area contributed by atoms with Crippen molar-refractivity contribution < 1.29 is 19.6 Å². The van der Waals surface area contributed by atoms with Crippen molar-refractivity contribution in [3.8, 4) is 0 Å². The molecule has 32 heavy (non-hydrogen) atoms. The molecule has 164 valence electrons. The van der Waals surface area contributed by atoms with Gasteiger partial charge in [-0.3, -0.25) is 25.0 Å². The Morgan fingerprint density at radius 1 is 1.16 bits per heavy atom. The number of carboxylic acids is 1. The number of thioether (sulfide) groups is 2. The molecule has 1 aliphatic rings. The van der Waals surface area contributed by atoms with Crippen LogP contribution in [0.1, 0.15) is 10.9 Å². The van der Waals surface area contributed by atoms with Crippen LogP contribution in [-0.2, 0) is 9.59 Å². The minimum atomic E-state index is -0.945. The summed E-state index contributed by atoms with van der Waals surface area (Å²) < 4.78 is 0. The zero-order chi connectivity index (χ0) is 22.7. The number of aliphatic carboxylic acids is 1. The van der Waals surface area contributed by atoms with Crippen molar-refractivity contribution in [1.29, 1.82) is 0 Å². The maximum absolute atomic E-state index is 12.4. The third kappa shape index (κ3) is 5.04. The SMILES string of the molecule is O=C(CSc1ccc([C@H]2N[C@@H](C(=O)O)CS2)cc1[N+](=O)[O-])Nc1ccc2ccccc2c1. The van der Waals surface area contributed by atoms with E-state index < -0.39 is 16.9 Å². The Hall–Kier alpha value is -3.08. The number of benzene rings is 3. The second-order valence-electron chi connectivity index (χ2n) is 7.15. The number of anilines is 1. The number of fused-ring (bicyclic) bond motifs is 1. The first-order valence-corrected chi connectivity index (χ1v) is 11.7.